The van der Waals surface area contributed by atoms with Gasteiger partial charge < -0.3 is 9.72 Å². The van der Waals surface area contributed by atoms with Gasteiger partial charge in [-0.1, -0.05) is 0 Å². The van der Waals surface area contributed by atoms with Gasteiger partial charge in [0.2, 0.25) is 0 Å². The standard InChI is InChI=1S/C8H8N2O2/c1-5-3-6(4-9)7(10-5)8(11)12-2/h3,10H,1-2H3. The SMILES string of the molecule is COC(=O)c1[nH]c(C)cc1C#N. The molecule has 4 heteroatoms. The molecule has 0 atom stereocenters. The van der Waals surface area contributed by atoms with Crippen LogP contribution in [0.1, 0.15) is 21.7 Å². The molecule has 12 heavy (non-hydrogen) atoms. The van der Waals surface area contributed by atoms with Crippen LogP contribution >= 0.6 is 0 Å². The molecule has 0 spiro atoms. The van der Waals surface area contributed by atoms with E-state index >= 15 is 0 Å². The predicted octanol–water partition coefficient (Wildman–Crippen LogP) is 0.981. The molecule has 4 nitrogen and oxygen atoms in total. The molecule has 1 heterocycles. The molecule has 0 unspecified atom stereocenters. The Kier molecular flexibility index (Phi) is 2.15. The lowest BCUT2D eigenvalue weighted by molar-refractivity contribution is 0.0594. The van der Waals surface area contributed by atoms with E-state index in [-0.39, 0.29) is 5.69 Å². The van der Waals surface area contributed by atoms with Crippen molar-refractivity contribution in [2.45, 2.75) is 6.92 Å². The van der Waals surface area contributed by atoms with Gasteiger partial charge >= 0.3 is 5.97 Å². The quantitative estimate of drug-likeness (QED) is 0.629. The summed E-state index contributed by atoms with van der Waals surface area (Å²) in [6, 6.07) is 3.50. The van der Waals surface area contributed by atoms with Crippen LogP contribution in [0.25, 0.3) is 0 Å². The minimum Gasteiger partial charge on any atom is -0.464 e. The van der Waals surface area contributed by atoms with E-state index in [1.807, 2.05) is 6.07 Å². The van der Waals surface area contributed by atoms with Crippen molar-refractivity contribution < 1.29 is 9.53 Å². The minimum atomic E-state index is -0.514. The average Bonchev–Trinajstić information content (AvgIpc) is 2.45. The number of nitrogens with zero attached hydrogens (tertiary/aromatic N) is 1. The Hall–Kier alpha value is -1.76. The first-order valence-corrected chi connectivity index (χ1v) is 3.37. The zero-order valence-corrected chi connectivity index (χ0v) is 6.84. The smallest absolute Gasteiger partial charge is 0.355 e. The third-order valence-corrected chi connectivity index (χ3v) is 1.46. The van der Waals surface area contributed by atoms with E-state index in [0.717, 1.165) is 5.69 Å². The number of hydrogen-bond acceptors (Lipinski definition) is 3. The number of hydrogen-bond donors (Lipinski definition) is 1. The monoisotopic (exact) mass is 164 g/mol. The van der Waals surface area contributed by atoms with Crippen LogP contribution in [0.15, 0.2) is 6.07 Å². The van der Waals surface area contributed by atoms with Crippen LogP contribution in [0, 0.1) is 18.3 Å². The van der Waals surface area contributed by atoms with Crippen LogP contribution in [0.4, 0.5) is 0 Å². The second-order valence-corrected chi connectivity index (χ2v) is 2.34. The largest absolute Gasteiger partial charge is 0.464 e. The maximum absolute atomic E-state index is 11.0. The van der Waals surface area contributed by atoms with Crippen molar-refractivity contribution in [1.82, 2.24) is 4.98 Å². The van der Waals surface area contributed by atoms with Gasteiger partial charge in [0.05, 0.1) is 12.7 Å². The lowest BCUT2D eigenvalue weighted by Crippen LogP contribution is -2.03. The molecule has 0 aliphatic heterocycles. The van der Waals surface area contributed by atoms with E-state index in [1.54, 1.807) is 13.0 Å². The fraction of sp³-hybridized carbons (Fsp3) is 0.250. The number of aryl methyl sites for hydroxylation is 1. The molecule has 1 aromatic rings. The van der Waals surface area contributed by atoms with Crippen molar-refractivity contribution in [3.05, 3.63) is 23.0 Å². The summed E-state index contributed by atoms with van der Waals surface area (Å²) < 4.78 is 4.47. The summed E-state index contributed by atoms with van der Waals surface area (Å²) in [6.45, 7) is 1.77. The number of carbonyl (C=O) groups is 1. The van der Waals surface area contributed by atoms with Crippen molar-refractivity contribution in [3.8, 4) is 6.07 Å². The number of nitrogens with one attached hydrogen (secondary N) is 1. The van der Waals surface area contributed by atoms with Crippen molar-refractivity contribution in [3.63, 3.8) is 0 Å². The molecule has 1 N–H and O–H groups in total. The van der Waals surface area contributed by atoms with E-state index in [1.165, 1.54) is 7.11 Å². The number of nitriles is 1. The molecule has 0 saturated heterocycles. The Bertz CT molecular complexity index is 346. The first-order chi connectivity index (χ1) is 5.69. The maximum atomic E-state index is 11.0. The summed E-state index contributed by atoms with van der Waals surface area (Å²) in [7, 11) is 1.28. The number of esters is 1. The number of aromatic amines is 1. The van der Waals surface area contributed by atoms with E-state index in [0.29, 0.717) is 5.56 Å². The van der Waals surface area contributed by atoms with Gasteiger partial charge in [-0.25, -0.2) is 4.79 Å². The van der Waals surface area contributed by atoms with Crippen LogP contribution < -0.4 is 0 Å². The van der Waals surface area contributed by atoms with Gasteiger partial charge in [-0.15, -0.1) is 0 Å². The molecule has 0 saturated carbocycles. The Morgan fingerprint density at radius 1 is 1.75 bits per heavy atom. The van der Waals surface area contributed by atoms with Crippen molar-refractivity contribution in [1.29, 1.82) is 5.26 Å². The van der Waals surface area contributed by atoms with Gasteiger partial charge in [-0.05, 0) is 13.0 Å². The van der Waals surface area contributed by atoms with Crippen molar-refractivity contribution in [2.24, 2.45) is 0 Å². The second kappa shape index (κ2) is 3.09. The molecule has 0 aliphatic rings. The summed E-state index contributed by atoms with van der Waals surface area (Å²) in [5, 5.41) is 8.60. The van der Waals surface area contributed by atoms with Crippen LogP contribution in [0.5, 0.6) is 0 Å². The molecule has 0 radical (unpaired) electrons. The number of rotatable bonds is 1. The van der Waals surface area contributed by atoms with Gasteiger partial charge in [0.15, 0.2) is 0 Å². The lowest BCUT2D eigenvalue weighted by Gasteiger charge is -1.94. The molecule has 0 aliphatic carbocycles. The van der Waals surface area contributed by atoms with E-state index in [2.05, 4.69) is 9.72 Å². The van der Waals surface area contributed by atoms with E-state index < -0.39 is 5.97 Å². The molecule has 1 rings (SSSR count). The Morgan fingerprint density at radius 3 is 2.92 bits per heavy atom. The van der Waals surface area contributed by atoms with Crippen LogP contribution in [-0.4, -0.2) is 18.1 Å². The third kappa shape index (κ3) is 1.30. The molecule has 62 valence electrons. The molecule has 0 aromatic carbocycles. The van der Waals surface area contributed by atoms with Gasteiger partial charge in [0, 0.05) is 5.69 Å². The van der Waals surface area contributed by atoms with E-state index in [4.69, 9.17) is 5.26 Å². The highest BCUT2D eigenvalue weighted by Gasteiger charge is 2.13. The number of ether oxygens (including phenoxy) is 1. The van der Waals surface area contributed by atoms with Gasteiger partial charge in [0.25, 0.3) is 0 Å². The summed E-state index contributed by atoms with van der Waals surface area (Å²) >= 11 is 0. The first kappa shape index (κ1) is 8.34. The molecule has 0 fully saturated rings. The third-order valence-electron chi connectivity index (χ3n) is 1.46. The van der Waals surface area contributed by atoms with Crippen molar-refractivity contribution >= 4 is 5.97 Å². The number of H-pyrrole nitrogens is 1. The predicted molar refractivity (Wildman–Crippen MR) is 41.6 cm³/mol. The Morgan fingerprint density at radius 2 is 2.42 bits per heavy atom. The fourth-order valence-electron chi connectivity index (χ4n) is 0.940. The fourth-order valence-corrected chi connectivity index (χ4v) is 0.940. The van der Waals surface area contributed by atoms with Gasteiger partial charge in [0.1, 0.15) is 11.8 Å². The molecule has 1 aromatic heterocycles. The lowest BCUT2D eigenvalue weighted by atomic mass is 10.2. The summed E-state index contributed by atoms with van der Waals surface area (Å²) in [6.07, 6.45) is 0. The molecule has 0 amide bonds. The van der Waals surface area contributed by atoms with Gasteiger partial charge in [-0.3, -0.25) is 0 Å². The second-order valence-electron chi connectivity index (χ2n) is 2.34. The molecular weight excluding hydrogens is 156 g/mol. The summed E-state index contributed by atoms with van der Waals surface area (Å²) in [5.74, 6) is -0.514. The normalized spacial score (nSPS) is 9.08. The first-order valence-electron chi connectivity index (χ1n) is 3.37. The minimum absolute atomic E-state index is 0.220. The Labute approximate surface area is 69.8 Å². The Balaban J connectivity index is 3.15. The molecule has 0 bridgehead atoms. The van der Waals surface area contributed by atoms with Crippen molar-refractivity contribution in [2.75, 3.05) is 7.11 Å². The number of aromatic nitrogens is 1. The summed E-state index contributed by atoms with van der Waals surface area (Å²) in [5.41, 5.74) is 1.31. The van der Waals surface area contributed by atoms with Crippen LogP contribution in [0.3, 0.4) is 0 Å². The van der Waals surface area contributed by atoms with Crippen LogP contribution in [0.2, 0.25) is 0 Å². The highest BCUT2D eigenvalue weighted by molar-refractivity contribution is 5.90. The molecular formula is C8H8N2O2. The van der Waals surface area contributed by atoms with Crippen LogP contribution in [-0.2, 0) is 4.74 Å². The maximum Gasteiger partial charge on any atom is 0.355 e. The van der Waals surface area contributed by atoms with Gasteiger partial charge in [-0.2, -0.15) is 5.26 Å². The van der Waals surface area contributed by atoms with E-state index in [9.17, 15) is 4.79 Å². The zero-order chi connectivity index (χ0) is 9.14. The topological polar surface area (TPSA) is 65.9 Å². The highest BCUT2D eigenvalue weighted by Crippen LogP contribution is 2.09. The number of methoxy groups -OCH3 is 1. The summed E-state index contributed by atoms with van der Waals surface area (Å²) in [4.78, 5) is 13.8. The highest BCUT2D eigenvalue weighted by atomic mass is 16.5. The number of carbonyl (C=O) groups excluding carboxylic acids is 1. The zero-order valence-electron chi connectivity index (χ0n) is 6.84. The average molecular weight is 164 g/mol.